The molecule has 174 valence electrons. The van der Waals surface area contributed by atoms with Crippen molar-refractivity contribution >= 4 is 17.8 Å². The summed E-state index contributed by atoms with van der Waals surface area (Å²) in [6.07, 6.45) is 16.3. The lowest BCUT2D eigenvalue weighted by molar-refractivity contribution is -0.131. The van der Waals surface area contributed by atoms with Gasteiger partial charge in [0.1, 0.15) is 5.54 Å². The van der Waals surface area contributed by atoms with Crippen molar-refractivity contribution in [3.63, 3.8) is 0 Å². The van der Waals surface area contributed by atoms with Crippen LogP contribution in [0.2, 0.25) is 0 Å². The normalized spacial score (nSPS) is 29.1. The maximum absolute atomic E-state index is 13.3. The lowest BCUT2D eigenvalue weighted by atomic mass is 9.74. The summed E-state index contributed by atoms with van der Waals surface area (Å²) in [5.74, 6) is 1.24. The molecule has 0 radical (unpaired) electrons. The second-order valence-electron chi connectivity index (χ2n) is 10.1. The molecule has 3 aliphatic rings. The number of nitrogens with one attached hydrogen (secondary N) is 3. The van der Waals surface area contributed by atoms with Gasteiger partial charge >= 0.3 is 0 Å². The number of pyridine rings is 1. The first-order valence-electron chi connectivity index (χ1n) is 12.3. The summed E-state index contributed by atoms with van der Waals surface area (Å²) in [5.41, 5.74) is -0.0790. The van der Waals surface area contributed by atoms with Crippen molar-refractivity contribution in [2.45, 2.75) is 88.6 Å². The van der Waals surface area contributed by atoms with E-state index >= 15 is 0 Å². The van der Waals surface area contributed by atoms with Crippen molar-refractivity contribution in [1.29, 1.82) is 5.41 Å². The van der Waals surface area contributed by atoms with Crippen LogP contribution in [0.15, 0.2) is 24.5 Å². The second kappa shape index (κ2) is 10.0. The lowest BCUT2D eigenvalue weighted by Crippen LogP contribution is -2.50. The first-order valence-corrected chi connectivity index (χ1v) is 12.3. The summed E-state index contributed by atoms with van der Waals surface area (Å²) >= 11 is 0. The molecule has 1 aromatic rings. The highest BCUT2D eigenvalue weighted by molar-refractivity contribution is 6.07. The minimum atomic E-state index is -0.663. The van der Waals surface area contributed by atoms with Gasteiger partial charge in [-0.3, -0.25) is 24.9 Å². The van der Waals surface area contributed by atoms with E-state index in [0.29, 0.717) is 17.4 Å². The van der Waals surface area contributed by atoms with Crippen molar-refractivity contribution < 1.29 is 9.59 Å². The molecule has 2 aliphatic carbocycles. The highest BCUT2D eigenvalue weighted by Gasteiger charge is 2.49. The van der Waals surface area contributed by atoms with E-state index in [1.807, 2.05) is 0 Å². The van der Waals surface area contributed by atoms with E-state index in [1.165, 1.54) is 37.0 Å². The minimum Gasteiger partial charge on any atom is -0.349 e. The van der Waals surface area contributed by atoms with Gasteiger partial charge in [-0.25, -0.2) is 0 Å². The number of hydrogen-bond acceptors (Lipinski definition) is 4. The molecular formula is C25H37N5O2. The fourth-order valence-corrected chi connectivity index (χ4v) is 5.99. The average Bonchev–Trinajstić information content (AvgIpc) is 3.03. The predicted octanol–water partition coefficient (Wildman–Crippen LogP) is 3.86. The van der Waals surface area contributed by atoms with Gasteiger partial charge < -0.3 is 10.6 Å². The zero-order valence-corrected chi connectivity index (χ0v) is 19.2. The van der Waals surface area contributed by atoms with Gasteiger partial charge in [-0.05, 0) is 56.1 Å². The molecule has 1 aromatic heterocycles. The molecule has 0 unspecified atom stereocenters. The van der Waals surface area contributed by atoms with Crippen LogP contribution >= 0.6 is 0 Å². The summed E-state index contributed by atoms with van der Waals surface area (Å²) in [5, 5.41) is 14.7. The standard InChI is InChI=1S/C25H37N5O2/c1-30-23(32)25(29-24(30)26,13-12-18-7-3-2-4-8-18)16-19-9-5-11-21(15-19)28-22(31)20-10-6-14-27-17-20/h6,10,14,17-19,21H,2-5,7-9,11-13,15-16H2,1H3,(H2,26,29)(H,28,31)/t19-,21+,25+/m0/s1. The zero-order valence-electron chi connectivity index (χ0n) is 19.2. The Bertz CT molecular complexity index is 823. The first kappa shape index (κ1) is 22.7. The Labute approximate surface area is 191 Å². The molecule has 4 rings (SSSR count). The summed E-state index contributed by atoms with van der Waals surface area (Å²) < 4.78 is 0. The Morgan fingerprint density at radius 2 is 2.00 bits per heavy atom. The van der Waals surface area contributed by atoms with Gasteiger partial charge in [0.2, 0.25) is 0 Å². The number of carbonyl (C=O) groups excluding carboxylic acids is 2. The first-order chi connectivity index (χ1) is 15.5. The third-order valence-electron chi connectivity index (χ3n) is 7.79. The van der Waals surface area contributed by atoms with E-state index in [-0.39, 0.29) is 23.8 Å². The van der Waals surface area contributed by atoms with Gasteiger partial charge in [-0.2, -0.15) is 0 Å². The van der Waals surface area contributed by atoms with Crippen LogP contribution in [0, 0.1) is 17.2 Å². The fraction of sp³-hybridized carbons (Fsp3) is 0.680. The van der Waals surface area contributed by atoms with Crippen LogP contribution in [0.1, 0.15) is 87.4 Å². The topological polar surface area (TPSA) is 98.2 Å². The van der Waals surface area contributed by atoms with E-state index in [2.05, 4.69) is 15.6 Å². The molecule has 0 bridgehead atoms. The van der Waals surface area contributed by atoms with Crippen LogP contribution < -0.4 is 10.6 Å². The van der Waals surface area contributed by atoms with E-state index in [0.717, 1.165) is 44.9 Å². The summed E-state index contributed by atoms with van der Waals surface area (Å²) in [7, 11) is 1.71. The van der Waals surface area contributed by atoms with Crippen LogP contribution in [0.4, 0.5) is 0 Å². The van der Waals surface area contributed by atoms with Gasteiger partial charge in [0.15, 0.2) is 5.96 Å². The number of likely N-dealkylation sites (N-methyl/N-ethyl adjacent to an activating group) is 1. The van der Waals surface area contributed by atoms with E-state index in [4.69, 9.17) is 5.41 Å². The molecule has 0 aromatic carbocycles. The number of nitrogens with zero attached hydrogens (tertiary/aromatic N) is 2. The Morgan fingerprint density at radius 1 is 1.22 bits per heavy atom. The van der Waals surface area contributed by atoms with E-state index in [1.54, 1.807) is 31.6 Å². The van der Waals surface area contributed by atoms with Crippen LogP contribution in [0.25, 0.3) is 0 Å². The number of carbonyl (C=O) groups is 2. The van der Waals surface area contributed by atoms with Crippen LogP contribution in [-0.4, -0.2) is 46.3 Å². The monoisotopic (exact) mass is 439 g/mol. The molecule has 2 heterocycles. The average molecular weight is 440 g/mol. The Morgan fingerprint density at radius 3 is 2.69 bits per heavy atom. The zero-order chi connectivity index (χ0) is 22.6. The number of guanidine groups is 1. The molecule has 3 fully saturated rings. The molecule has 1 aliphatic heterocycles. The summed E-state index contributed by atoms with van der Waals surface area (Å²) in [4.78, 5) is 31.4. The largest absolute Gasteiger partial charge is 0.349 e. The summed E-state index contributed by atoms with van der Waals surface area (Å²) in [6, 6.07) is 3.67. The Balaban J connectivity index is 1.40. The maximum atomic E-state index is 13.3. The van der Waals surface area contributed by atoms with Crippen LogP contribution in [0.5, 0.6) is 0 Å². The van der Waals surface area contributed by atoms with E-state index < -0.39 is 5.54 Å². The number of rotatable bonds is 7. The SMILES string of the molecule is CN1C(=N)N[C@](CCC2CCCCC2)(C[C@H]2CCC[C@@H](NC(=O)c3cccnc3)C2)C1=O. The van der Waals surface area contributed by atoms with Crippen LogP contribution in [-0.2, 0) is 4.79 Å². The van der Waals surface area contributed by atoms with Gasteiger partial charge in [0, 0.05) is 25.5 Å². The molecule has 3 atom stereocenters. The molecule has 0 spiro atoms. The number of aromatic nitrogens is 1. The summed E-state index contributed by atoms with van der Waals surface area (Å²) in [6.45, 7) is 0. The molecule has 1 saturated heterocycles. The third-order valence-corrected chi connectivity index (χ3v) is 7.79. The van der Waals surface area contributed by atoms with Crippen molar-refractivity contribution in [3.05, 3.63) is 30.1 Å². The Hall–Kier alpha value is -2.44. The molecule has 7 nitrogen and oxygen atoms in total. The van der Waals surface area contributed by atoms with Gasteiger partial charge in [-0.15, -0.1) is 0 Å². The third kappa shape index (κ3) is 5.13. The number of hydrogen-bond donors (Lipinski definition) is 3. The second-order valence-corrected chi connectivity index (χ2v) is 10.1. The molecular weight excluding hydrogens is 402 g/mol. The fourth-order valence-electron chi connectivity index (χ4n) is 5.99. The quantitative estimate of drug-likeness (QED) is 0.601. The van der Waals surface area contributed by atoms with Crippen molar-refractivity contribution in [1.82, 2.24) is 20.5 Å². The van der Waals surface area contributed by atoms with Crippen LogP contribution in [0.3, 0.4) is 0 Å². The molecule has 32 heavy (non-hydrogen) atoms. The molecule has 2 saturated carbocycles. The Kier molecular flexibility index (Phi) is 7.11. The maximum Gasteiger partial charge on any atom is 0.254 e. The predicted molar refractivity (Wildman–Crippen MR) is 124 cm³/mol. The minimum absolute atomic E-state index is 0.0415. The lowest BCUT2D eigenvalue weighted by Gasteiger charge is -2.36. The smallest absolute Gasteiger partial charge is 0.254 e. The molecule has 3 N–H and O–H groups in total. The van der Waals surface area contributed by atoms with E-state index in [9.17, 15) is 9.59 Å². The van der Waals surface area contributed by atoms with Gasteiger partial charge in [-0.1, -0.05) is 44.9 Å². The highest BCUT2D eigenvalue weighted by Crippen LogP contribution is 2.38. The molecule has 7 heteroatoms. The van der Waals surface area contributed by atoms with Crippen molar-refractivity contribution in [2.75, 3.05) is 7.05 Å². The number of amides is 2. The molecule has 2 amide bonds. The van der Waals surface area contributed by atoms with Gasteiger partial charge in [0.05, 0.1) is 5.56 Å². The van der Waals surface area contributed by atoms with Gasteiger partial charge in [0.25, 0.3) is 11.8 Å². The van der Waals surface area contributed by atoms with Crippen molar-refractivity contribution in [2.24, 2.45) is 11.8 Å². The highest BCUT2D eigenvalue weighted by atomic mass is 16.2. The van der Waals surface area contributed by atoms with Crippen molar-refractivity contribution in [3.8, 4) is 0 Å².